The summed E-state index contributed by atoms with van der Waals surface area (Å²) in [5.41, 5.74) is 5.63. The van der Waals surface area contributed by atoms with Crippen molar-refractivity contribution in [1.29, 1.82) is 0 Å². The van der Waals surface area contributed by atoms with Crippen LogP contribution in [0.25, 0.3) is 0 Å². The maximum Gasteiger partial charge on any atom is 0.235 e. The topological polar surface area (TPSA) is 89.3 Å². The molecule has 0 aromatic carbocycles. The average Bonchev–Trinajstić information content (AvgIpc) is 2.00. The minimum atomic E-state index is -3.25. The lowest BCUT2D eigenvalue weighted by atomic mass is 9.63. The summed E-state index contributed by atoms with van der Waals surface area (Å²) in [4.78, 5) is 11.3. The zero-order valence-electron chi connectivity index (χ0n) is 9.28. The van der Waals surface area contributed by atoms with Crippen molar-refractivity contribution in [2.45, 2.75) is 32.4 Å². The summed E-state index contributed by atoms with van der Waals surface area (Å²) in [6, 6.07) is 0.0581. The van der Waals surface area contributed by atoms with Gasteiger partial charge in [0.15, 0.2) is 9.84 Å². The van der Waals surface area contributed by atoms with Gasteiger partial charge in [-0.3, -0.25) is 4.79 Å². The van der Waals surface area contributed by atoms with Crippen LogP contribution in [0.2, 0.25) is 0 Å². The van der Waals surface area contributed by atoms with E-state index >= 15 is 0 Å². The Morgan fingerprint density at radius 1 is 1.53 bits per heavy atom. The van der Waals surface area contributed by atoms with E-state index in [0.29, 0.717) is 6.42 Å². The highest BCUT2D eigenvalue weighted by atomic mass is 32.2. The third-order valence-electron chi connectivity index (χ3n) is 3.07. The first-order valence-electron chi connectivity index (χ1n) is 4.85. The summed E-state index contributed by atoms with van der Waals surface area (Å²) in [5, 5.41) is 2.70. The van der Waals surface area contributed by atoms with Crippen LogP contribution >= 0.6 is 0 Å². The van der Waals surface area contributed by atoms with E-state index in [2.05, 4.69) is 5.32 Å². The lowest BCUT2D eigenvalue weighted by Gasteiger charge is -2.50. The number of carbonyl (C=O) groups is 1. The van der Waals surface area contributed by atoms with Gasteiger partial charge in [0.05, 0.1) is 0 Å². The Kier molecular flexibility index (Phi) is 3.11. The summed E-state index contributed by atoms with van der Waals surface area (Å²) in [6.45, 7) is 3.93. The third kappa shape index (κ3) is 2.92. The fourth-order valence-corrected chi connectivity index (χ4v) is 2.24. The number of nitrogens with one attached hydrogen (secondary N) is 1. The molecule has 6 heteroatoms. The standard InChI is InChI=1S/C9H18N2O3S/c1-9(2)6(10)4-7(9)11-8(12)5-15(3,13)14/h6-7H,4-5,10H2,1-3H3,(H,11,12). The fourth-order valence-electron chi connectivity index (χ4n) is 1.68. The molecule has 2 atom stereocenters. The van der Waals surface area contributed by atoms with Gasteiger partial charge in [-0.05, 0) is 6.42 Å². The molecule has 1 fully saturated rings. The van der Waals surface area contributed by atoms with Crippen LogP contribution in [0.1, 0.15) is 20.3 Å². The minimum Gasteiger partial charge on any atom is -0.352 e. The van der Waals surface area contributed by atoms with Crippen LogP contribution in [0, 0.1) is 5.41 Å². The van der Waals surface area contributed by atoms with Crippen LogP contribution in [-0.2, 0) is 14.6 Å². The average molecular weight is 234 g/mol. The Hall–Kier alpha value is -0.620. The number of hydrogen-bond donors (Lipinski definition) is 2. The quantitative estimate of drug-likeness (QED) is 0.674. The van der Waals surface area contributed by atoms with E-state index in [1.165, 1.54) is 0 Å². The van der Waals surface area contributed by atoms with E-state index in [0.717, 1.165) is 6.26 Å². The molecule has 0 bridgehead atoms. The number of hydrogen-bond acceptors (Lipinski definition) is 4. The van der Waals surface area contributed by atoms with Crippen molar-refractivity contribution in [3.8, 4) is 0 Å². The molecule has 1 aliphatic rings. The minimum absolute atomic E-state index is 0.0123. The fraction of sp³-hybridized carbons (Fsp3) is 0.889. The lowest BCUT2D eigenvalue weighted by Crippen LogP contribution is -2.64. The predicted molar refractivity (Wildman–Crippen MR) is 58.0 cm³/mol. The van der Waals surface area contributed by atoms with Gasteiger partial charge in [0.1, 0.15) is 5.75 Å². The van der Waals surface area contributed by atoms with Crippen LogP contribution in [0.4, 0.5) is 0 Å². The lowest BCUT2D eigenvalue weighted by molar-refractivity contribution is -0.121. The van der Waals surface area contributed by atoms with Crippen molar-refractivity contribution in [2.75, 3.05) is 12.0 Å². The summed E-state index contributed by atoms with van der Waals surface area (Å²) >= 11 is 0. The maximum atomic E-state index is 11.3. The van der Waals surface area contributed by atoms with Gasteiger partial charge in [-0.1, -0.05) is 13.8 Å². The van der Waals surface area contributed by atoms with Gasteiger partial charge in [-0.25, -0.2) is 8.42 Å². The summed E-state index contributed by atoms with van der Waals surface area (Å²) in [5.74, 6) is -0.892. The van der Waals surface area contributed by atoms with Crippen molar-refractivity contribution in [3.63, 3.8) is 0 Å². The number of rotatable bonds is 3. The molecule has 0 saturated heterocycles. The highest BCUT2D eigenvalue weighted by Crippen LogP contribution is 2.38. The number of sulfone groups is 1. The SMILES string of the molecule is CC1(C)C(N)CC1NC(=O)CS(C)(=O)=O. The largest absolute Gasteiger partial charge is 0.352 e. The van der Waals surface area contributed by atoms with Crippen LogP contribution in [0.5, 0.6) is 0 Å². The molecule has 2 unspecified atom stereocenters. The van der Waals surface area contributed by atoms with Crippen molar-refractivity contribution in [1.82, 2.24) is 5.32 Å². The first-order chi connectivity index (χ1) is 6.63. The van der Waals surface area contributed by atoms with E-state index in [-0.39, 0.29) is 17.5 Å². The normalized spacial score (nSPS) is 29.3. The van der Waals surface area contributed by atoms with Crippen molar-refractivity contribution in [2.24, 2.45) is 11.1 Å². The molecule has 0 aromatic heterocycles. The second-order valence-electron chi connectivity index (χ2n) is 4.85. The molecule has 1 saturated carbocycles. The zero-order valence-corrected chi connectivity index (χ0v) is 10.1. The Morgan fingerprint density at radius 2 is 2.07 bits per heavy atom. The third-order valence-corrected chi connectivity index (χ3v) is 3.86. The van der Waals surface area contributed by atoms with E-state index in [4.69, 9.17) is 5.73 Å². The van der Waals surface area contributed by atoms with Crippen molar-refractivity contribution >= 4 is 15.7 Å². The second-order valence-corrected chi connectivity index (χ2v) is 6.99. The molecular weight excluding hydrogens is 216 g/mol. The number of nitrogens with two attached hydrogens (primary N) is 1. The second kappa shape index (κ2) is 3.75. The van der Waals surface area contributed by atoms with Crippen LogP contribution in [-0.4, -0.2) is 38.4 Å². The highest BCUT2D eigenvalue weighted by Gasteiger charge is 2.46. The van der Waals surface area contributed by atoms with Crippen LogP contribution in [0.3, 0.4) is 0 Å². The molecule has 3 N–H and O–H groups in total. The maximum absolute atomic E-state index is 11.3. The number of amides is 1. The van der Waals surface area contributed by atoms with Gasteiger partial charge in [0.25, 0.3) is 0 Å². The Bertz CT molecular complexity index is 362. The molecule has 1 amide bonds. The Labute approximate surface area is 90.3 Å². The first kappa shape index (κ1) is 12.4. The molecule has 1 aliphatic carbocycles. The summed E-state index contributed by atoms with van der Waals surface area (Å²) < 4.78 is 21.7. The molecule has 0 spiro atoms. The van der Waals surface area contributed by atoms with E-state index in [9.17, 15) is 13.2 Å². The summed E-state index contributed by atoms with van der Waals surface area (Å²) in [7, 11) is -3.25. The monoisotopic (exact) mass is 234 g/mol. The molecule has 15 heavy (non-hydrogen) atoms. The molecular formula is C9H18N2O3S. The van der Waals surface area contributed by atoms with Gasteiger partial charge in [0, 0.05) is 23.8 Å². The van der Waals surface area contributed by atoms with E-state index in [1.807, 2.05) is 13.8 Å². The molecule has 1 rings (SSSR count). The van der Waals surface area contributed by atoms with Crippen molar-refractivity contribution < 1.29 is 13.2 Å². The molecule has 0 aliphatic heterocycles. The zero-order chi connectivity index (χ0) is 11.9. The van der Waals surface area contributed by atoms with Crippen LogP contribution < -0.4 is 11.1 Å². The van der Waals surface area contributed by atoms with Gasteiger partial charge in [0.2, 0.25) is 5.91 Å². The Morgan fingerprint density at radius 3 is 2.40 bits per heavy atom. The van der Waals surface area contributed by atoms with Crippen molar-refractivity contribution in [3.05, 3.63) is 0 Å². The van der Waals surface area contributed by atoms with Crippen LogP contribution in [0.15, 0.2) is 0 Å². The molecule has 0 radical (unpaired) electrons. The number of carbonyl (C=O) groups excluding carboxylic acids is 1. The van der Waals surface area contributed by atoms with Gasteiger partial charge in [-0.2, -0.15) is 0 Å². The predicted octanol–water partition coefficient (Wildman–Crippen LogP) is -0.727. The Balaban J connectivity index is 2.48. The molecule has 0 aromatic rings. The summed E-state index contributed by atoms with van der Waals surface area (Å²) in [6.07, 6.45) is 1.76. The molecule has 0 heterocycles. The van der Waals surface area contributed by atoms with Gasteiger partial charge < -0.3 is 11.1 Å². The molecule has 88 valence electrons. The first-order valence-corrected chi connectivity index (χ1v) is 6.91. The smallest absolute Gasteiger partial charge is 0.235 e. The molecule has 5 nitrogen and oxygen atoms in total. The van der Waals surface area contributed by atoms with E-state index < -0.39 is 21.5 Å². The van der Waals surface area contributed by atoms with E-state index in [1.54, 1.807) is 0 Å². The highest BCUT2D eigenvalue weighted by molar-refractivity contribution is 7.91. The van der Waals surface area contributed by atoms with Gasteiger partial charge >= 0.3 is 0 Å². The van der Waals surface area contributed by atoms with Gasteiger partial charge in [-0.15, -0.1) is 0 Å².